The van der Waals surface area contributed by atoms with E-state index in [9.17, 15) is 9.59 Å². The van der Waals surface area contributed by atoms with E-state index >= 15 is 0 Å². The average molecular weight is 358 g/mol. The molecule has 0 saturated heterocycles. The molecule has 0 saturated carbocycles. The van der Waals surface area contributed by atoms with E-state index in [1.807, 2.05) is 19.1 Å². The topological polar surface area (TPSA) is 55.4 Å². The maximum Gasteiger partial charge on any atom is 0.338 e. The number of hydrogen-bond acceptors (Lipinski definition) is 3. The summed E-state index contributed by atoms with van der Waals surface area (Å²) in [6, 6.07) is 13.8. The molecule has 0 aliphatic rings. The molecule has 0 aliphatic heterocycles. The molecule has 0 aromatic heterocycles. The highest BCUT2D eigenvalue weighted by molar-refractivity contribution is 6.30. The highest BCUT2D eigenvalue weighted by atomic mass is 35.5. The van der Waals surface area contributed by atoms with Crippen LogP contribution < -0.4 is 5.32 Å². The van der Waals surface area contributed by atoms with Crippen molar-refractivity contribution in [2.45, 2.75) is 19.8 Å². The smallest absolute Gasteiger partial charge is 0.338 e. The molecule has 1 amide bonds. The van der Waals surface area contributed by atoms with Gasteiger partial charge in [0.15, 0.2) is 0 Å². The molecule has 2 aromatic rings. The number of unbranched alkanes of at least 4 members (excludes halogenated alkanes) is 1. The van der Waals surface area contributed by atoms with Crippen molar-refractivity contribution in [3.8, 4) is 0 Å². The van der Waals surface area contributed by atoms with Crippen LogP contribution >= 0.6 is 11.6 Å². The molecule has 0 radical (unpaired) electrons. The lowest BCUT2D eigenvalue weighted by Crippen LogP contribution is -2.09. The second kappa shape index (κ2) is 9.64. The van der Waals surface area contributed by atoms with Gasteiger partial charge in [0.2, 0.25) is 5.91 Å². The largest absolute Gasteiger partial charge is 0.462 e. The van der Waals surface area contributed by atoms with Gasteiger partial charge in [-0.1, -0.05) is 37.1 Å². The van der Waals surface area contributed by atoms with Crippen molar-refractivity contribution in [1.29, 1.82) is 0 Å². The second-order valence-corrected chi connectivity index (χ2v) is 5.88. The number of rotatable bonds is 7. The maximum atomic E-state index is 11.9. The Balaban J connectivity index is 1.89. The molecule has 2 aromatic carbocycles. The Morgan fingerprint density at radius 3 is 2.60 bits per heavy atom. The van der Waals surface area contributed by atoms with Crippen LogP contribution in [0.4, 0.5) is 5.69 Å². The number of nitrogens with one attached hydrogen (secondary N) is 1. The van der Waals surface area contributed by atoms with Gasteiger partial charge in [0, 0.05) is 16.8 Å². The molecule has 25 heavy (non-hydrogen) atoms. The Morgan fingerprint density at radius 2 is 1.92 bits per heavy atom. The third-order valence-corrected chi connectivity index (χ3v) is 3.63. The van der Waals surface area contributed by atoms with Crippen molar-refractivity contribution < 1.29 is 14.3 Å². The fourth-order valence-electron chi connectivity index (χ4n) is 2.05. The summed E-state index contributed by atoms with van der Waals surface area (Å²) in [4.78, 5) is 23.7. The highest BCUT2D eigenvalue weighted by Gasteiger charge is 2.07. The standard InChI is InChI=1S/C20H20ClNO3/c1-2-3-13-25-20(24)16-8-10-18(11-9-16)22-19(23)12-7-15-5-4-6-17(21)14-15/h4-12,14H,2-3,13H2,1H3,(H,22,23)/b12-7+. The summed E-state index contributed by atoms with van der Waals surface area (Å²) in [5.74, 6) is -0.620. The number of esters is 1. The summed E-state index contributed by atoms with van der Waals surface area (Å²) in [5.41, 5.74) is 1.90. The van der Waals surface area contributed by atoms with Crippen LogP contribution in [0, 0.1) is 0 Å². The Kier molecular flexibility index (Phi) is 7.23. The van der Waals surface area contributed by atoms with E-state index in [1.54, 1.807) is 42.5 Å². The minimum atomic E-state index is -0.354. The summed E-state index contributed by atoms with van der Waals surface area (Å²) in [7, 11) is 0. The first kappa shape index (κ1) is 18.7. The van der Waals surface area contributed by atoms with Gasteiger partial charge in [-0.3, -0.25) is 4.79 Å². The quantitative estimate of drug-likeness (QED) is 0.433. The van der Waals surface area contributed by atoms with Gasteiger partial charge in [-0.15, -0.1) is 0 Å². The number of ether oxygens (including phenoxy) is 1. The van der Waals surface area contributed by atoms with E-state index in [1.165, 1.54) is 6.08 Å². The molecule has 130 valence electrons. The number of anilines is 1. The average Bonchev–Trinajstić information content (AvgIpc) is 2.61. The molecule has 1 N–H and O–H groups in total. The van der Waals surface area contributed by atoms with Crippen LogP contribution in [-0.4, -0.2) is 18.5 Å². The van der Waals surface area contributed by atoms with Crippen LogP contribution in [0.25, 0.3) is 6.08 Å². The van der Waals surface area contributed by atoms with E-state index in [0.717, 1.165) is 18.4 Å². The summed E-state index contributed by atoms with van der Waals surface area (Å²) in [6.45, 7) is 2.45. The van der Waals surface area contributed by atoms with Crippen molar-refractivity contribution in [1.82, 2.24) is 0 Å². The summed E-state index contributed by atoms with van der Waals surface area (Å²) < 4.78 is 5.14. The Morgan fingerprint density at radius 1 is 1.16 bits per heavy atom. The van der Waals surface area contributed by atoms with Gasteiger partial charge in [0.25, 0.3) is 0 Å². The number of carbonyl (C=O) groups is 2. The van der Waals surface area contributed by atoms with Gasteiger partial charge in [-0.2, -0.15) is 0 Å². The van der Waals surface area contributed by atoms with Crippen molar-refractivity contribution >= 4 is 35.2 Å². The van der Waals surface area contributed by atoms with Crippen LogP contribution in [0.15, 0.2) is 54.6 Å². The molecule has 0 fully saturated rings. The zero-order chi connectivity index (χ0) is 18.1. The minimum Gasteiger partial charge on any atom is -0.462 e. The predicted octanol–water partition coefficient (Wildman–Crippen LogP) is 4.95. The number of amides is 1. The normalized spacial score (nSPS) is 10.6. The van der Waals surface area contributed by atoms with E-state index in [4.69, 9.17) is 16.3 Å². The first-order valence-electron chi connectivity index (χ1n) is 8.10. The number of halogens is 1. The Bertz CT molecular complexity index is 754. The predicted molar refractivity (Wildman–Crippen MR) is 101 cm³/mol. The third-order valence-electron chi connectivity index (χ3n) is 3.40. The minimum absolute atomic E-state index is 0.266. The lowest BCUT2D eigenvalue weighted by molar-refractivity contribution is -0.111. The molecule has 0 unspecified atom stereocenters. The fourth-order valence-corrected chi connectivity index (χ4v) is 2.25. The zero-order valence-corrected chi connectivity index (χ0v) is 14.8. The summed E-state index contributed by atoms with van der Waals surface area (Å²) in [6.07, 6.45) is 4.93. The SMILES string of the molecule is CCCCOC(=O)c1ccc(NC(=O)/C=C/c2cccc(Cl)c2)cc1. The van der Waals surface area contributed by atoms with E-state index in [2.05, 4.69) is 5.32 Å². The highest BCUT2D eigenvalue weighted by Crippen LogP contribution is 2.13. The van der Waals surface area contributed by atoms with Gasteiger partial charge in [0.1, 0.15) is 0 Å². The van der Waals surface area contributed by atoms with Gasteiger partial charge >= 0.3 is 5.97 Å². The lowest BCUT2D eigenvalue weighted by Gasteiger charge is -2.06. The lowest BCUT2D eigenvalue weighted by atomic mass is 10.2. The first-order chi connectivity index (χ1) is 12.1. The molecule has 4 nitrogen and oxygen atoms in total. The second-order valence-electron chi connectivity index (χ2n) is 5.44. The van der Waals surface area contributed by atoms with Crippen molar-refractivity contribution in [2.75, 3.05) is 11.9 Å². The molecular formula is C20H20ClNO3. The number of hydrogen-bond donors (Lipinski definition) is 1. The van der Waals surface area contributed by atoms with Crippen LogP contribution in [0.1, 0.15) is 35.7 Å². The van der Waals surface area contributed by atoms with Gasteiger partial charge in [0.05, 0.1) is 12.2 Å². The Labute approximate surface area is 152 Å². The third kappa shape index (κ3) is 6.43. The van der Waals surface area contributed by atoms with Gasteiger partial charge in [-0.05, 0) is 54.5 Å². The van der Waals surface area contributed by atoms with Crippen LogP contribution in [0.2, 0.25) is 5.02 Å². The molecule has 0 atom stereocenters. The molecule has 2 rings (SSSR count). The molecule has 0 heterocycles. The van der Waals surface area contributed by atoms with Crippen molar-refractivity contribution in [3.05, 3.63) is 70.8 Å². The van der Waals surface area contributed by atoms with Crippen molar-refractivity contribution in [3.63, 3.8) is 0 Å². The summed E-state index contributed by atoms with van der Waals surface area (Å²) >= 11 is 5.90. The molecule has 0 spiro atoms. The fraction of sp³-hybridized carbons (Fsp3) is 0.200. The maximum absolute atomic E-state index is 11.9. The van der Waals surface area contributed by atoms with E-state index < -0.39 is 0 Å². The van der Waals surface area contributed by atoms with Crippen molar-refractivity contribution in [2.24, 2.45) is 0 Å². The van der Waals surface area contributed by atoms with Crippen LogP contribution in [-0.2, 0) is 9.53 Å². The first-order valence-corrected chi connectivity index (χ1v) is 8.48. The molecule has 5 heteroatoms. The van der Waals surface area contributed by atoms with Crippen LogP contribution in [0.3, 0.4) is 0 Å². The van der Waals surface area contributed by atoms with Gasteiger partial charge < -0.3 is 10.1 Å². The van der Waals surface area contributed by atoms with Gasteiger partial charge in [-0.25, -0.2) is 4.79 Å². The Hall–Kier alpha value is -2.59. The monoisotopic (exact) mass is 357 g/mol. The number of benzene rings is 2. The molecule has 0 bridgehead atoms. The van der Waals surface area contributed by atoms with E-state index in [-0.39, 0.29) is 11.9 Å². The summed E-state index contributed by atoms with van der Waals surface area (Å²) in [5, 5.41) is 3.35. The van der Waals surface area contributed by atoms with E-state index in [0.29, 0.717) is 22.9 Å². The molecular weight excluding hydrogens is 338 g/mol. The molecule has 0 aliphatic carbocycles. The number of carbonyl (C=O) groups excluding carboxylic acids is 2. The van der Waals surface area contributed by atoms with Crippen LogP contribution in [0.5, 0.6) is 0 Å². The zero-order valence-electron chi connectivity index (χ0n) is 14.0.